The standard InChI is InChI=1S/C27H19Cl2NO/c28-21-14-17-25(26(29)19-21)27(31)18-13-20-11-15-24(16-12-20)30(22-7-3-1-4-8-22)23-9-5-2-6-10-23/h1-19H. The van der Waals surface area contributed by atoms with Gasteiger partial charge in [0, 0.05) is 27.6 Å². The van der Waals surface area contributed by atoms with Crippen molar-refractivity contribution >= 4 is 52.1 Å². The van der Waals surface area contributed by atoms with E-state index in [-0.39, 0.29) is 5.78 Å². The average molecular weight is 444 g/mol. The summed E-state index contributed by atoms with van der Waals surface area (Å²) < 4.78 is 0. The molecule has 0 unspecified atom stereocenters. The van der Waals surface area contributed by atoms with E-state index in [2.05, 4.69) is 29.2 Å². The van der Waals surface area contributed by atoms with E-state index in [0.29, 0.717) is 15.6 Å². The van der Waals surface area contributed by atoms with Gasteiger partial charge in [0.25, 0.3) is 0 Å². The molecule has 4 aromatic carbocycles. The van der Waals surface area contributed by atoms with E-state index in [1.165, 1.54) is 6.08 Å². The van der Waals surface area contributed by atoms with Crippen molar-refractivity contribution in [1.29, 1.82) is 0 Å². The molecular formula is C27H19Cl2NO. The molecule has 0 spiro atoms. The van der Waals surface area contributed by atoms with Crippen molar-refractivity contribution in [3.8, 4) is 0 Å². The fourth-order valence-electron chi connectivity index (χ4n) is 3.29. The van der Waals surface area contributed by atoms with Crippen LogP contribution in [0.2, 0.25) is 10.0 Å². The predicted octanol–water partition coefficient (Wildman–Crippen LogP) is 8.36. The second-order valence-corrected chi connectivity index (χ2v) is 7.76. The summed E-state index contributed by atoms with van der Waals surface area (Å²) in [6.07, 6.45) is 3.31. The van der Waals surface area contributed by atoms with E-state index in [1.807, 2.05) is 60.7 Å². The van der Waals surface area contributed by atoms with Crippen molar-refractivity contribution in [1.82, 2.24) is 0 Å². The van der Waals surface area contributed by atoms with Gasteiger partial charge in [-0.05, 0) is 66.2 Å². The van der Waals surface area contributed by atoms with Crippen LogP contribution in [0.4, 0.5) is 17.1 Å². The molecular weight excluding hydrogens is 425 g/mol. The Morgan fingerprint density at radius 3 is 1.77 bits per heavy atom. The van der Waals surface area contributed by atoms with E-state index >= 15 is 0 Å². The van der Waals surface area contributed by atoms with Gasteiger partial charge < -0.3 is 4.90 Å². The SMILES string of the molecule is O=C(C=Cc1ccc(N(c2ccccc2)c2ccccc2)cc1)c1ccc(Cl)cc1Cl. The van der Waals surface area contributed by atoms with Gasteiger partial charge in [-0.25, -0.2) is 0 Å². The van der Waals surface area contributed by atoms with Crippen LogP contribution < -0.4 is 4.90 Å². The number of carbonyl (C=O) groups is 1. The predicted molar refractivity (Wildman–Crippen MR) is 131 cm³/mol. The van der Waals surface area contributed by atoms with Gasteiger partial charge in [0.15, 0.2) is 5.78 Å². The van der Waals surface area contributed by atoms with Gasteiger partial charge in [-0.3, -0.25) is 4.79 Å². The van der Waals surface area contributed by atoms with Crippen molar-refractivity contribution < 1.29 is 4.79 Å². The molecule has 0 atom stereocenters. The van der Waals surface area contributed by atoms with Gasteiger partial charge in [-0.2, -0.15) is 0 Å². The highest BCUT2D eigenvalue weighted by atomic mass is 35.5. The molecule has 2 nitrogen and oxygen atoms in total. The van der Waals surface area contributed by atoms with Crippen LogP contribution in [0.15, 0.2) is 109 Å². The lowest BCUT2D eigenvalue weighted by molar-refractivity contribution is 0.104. The summed E-state index contributed by atoms with van der Waals surface area (Å²) in [4.78, 5) is 14.7. The van der Waals surface area contributed by atoms with Crippen LogP contribution in [-0.4, -0.2) is 5.78 Å². The highest BCUT2D eigenvalue weighted by molar-refractivity contribution is 6.37. The molecule has 0 heterocycles. The number of carbonyl (C=O) groups excluding carboxylic acids is 1. The van der Waals surface area contributed by atoms with E-state index < -0.39 is 0 Å². The third kappa shape index (κ3) is 5.05. The number of nitrogens with zero attached hydrogens (tertiary/aromatic N) is 1. The van der Waals surface area contributed by atoms with E-state index in [1.54, 1.807) is 24.3 Å². The van der Waals surface area contributed by atoms with Gasteiger partial charge in [-0.15, -0.1) is 0 Å². The first kappa shape index (κ1) is 20.9. The first-order chi connectivity index (χ1) is 15.1. The second kappa shape index (κ2) is 9.65. The maximum Gasteiger partial charge on any atom is 0.187 e. The molecule has 0 aliphatic heterocycles. The van der Waals surface area contributed by atoms with Gasteiger partial charge >= 0.3 is 0 Å². The first-order valence-corrected chi connectivity index (χ1v) is 10.6. The van der Waals surface area contributed by atoms with Crippen LogP contribution >= 0.6 is 23.2 Å². The Hall–Kier alpha value is -3.33. The number of halogens is 2. The van der Waals surface area contributed by atoms with Crippen molar-refractivity contribution in [3.05, 3.63) is 130 Å². The normalized spacial score (nSPS) is 10.9. The third-order valence-corrected chi connectivity index (χ3v) is 5.35. The molecule has 4 rings (SSSR count). The number of ketones is 1. The number of hydrogen-bond donors (Lipinski definition) is 0. The molecule has 0 saturated carbocycles. The van der Waals surface area contributed by atoms with E-state index in [4.69, 9.17) is 23.2 Å². The molecule has 0 bridgehead atoms. The highest BCUT2D eigenvalue weighted by Crippen LogP contribution is 2.34. The van der Waals surface area contributed by atoms with Crippen molar-refractivity contribution in [3.63, 3.8) is 0 Å². The zero-order valence-electron chi connectivity index (χ0n) is 16.6. The van der Waals surface area contributed by atoms with E-state index in [9.17, 15) is 4.79 Å². The Morgan fingerprint density at radius 2 is 1.23 bits per heavy atom. The van der Waals surface area contributed by atoms with Crippen LogP contribution in [0.1, 0.15) is 15.9 Å². The third-order valence-electron chi connectivity index (χ3n) is 4.80. The minimum absolute atomic E-state index is 0.166. The van der Waals surface area contributed by atoms with Gasteiger partial charge in [0.05, 0.1) is 5.02 Å². The molecule has 0 saturated heterocycles. The van der Waals surface area contributed by atoms with Crippen LogP contribution in [-0.2, 0) is 0 Å². The Morgan fingerprint density at radius 1 is 0.677 bits per heavy atom. The lowest BCUT2D eigenvalue weighted by Crippen LogP contribution is -2.09. The van der Waals surface area contributed by atoms with Crippen LogP contribution in [0.25, 0.3) is 6.08 Å². The number of anilines is 3. The fourth-order valence-corrected chi connectivity index (χ4v) is 3.79. The number of para-hydroxylation sites is 2. The number of benzene rings is 4. The topological polar surface area (TPSA) is 20.3 Å². The van der Waals surface area contributed by atoms with E-state index in [0.717, 1.165) is 22.6 Å². The highest BCUT2D eigenvalue weighted by Gasteiger charge is 2.11. The zero-order chi connectivity index (χ0) is 21.6. The minimum Gasteiger partial charge on any atom is -0.311 e. The van der Waals surface area contributed by atoms with Crippen LogP contribution in [0.3, 0.4) is 0 Å². The van der Waals surface area contributed by atoms with Gasteiger partial charge in [-0.1, -0.05) is 77.8 Å². The molecule has 152 valence electrons. The Labute approximate surface area is 192 Å². The molecule has 31 heavy (non-hydrogen) atoms. The summed E-state index contributed by atoms with van der Waals surface area (Å²) in [5.41, 5.74) is 4.53. The second-order valence-electron chi connectivity index (χ2n) is 6.92. The minimum atomic E-state index is -0.166. The van der Waals surface area contributed by atoms with Gasteiger partial charge in [0.2, 0.25) is 0 Å². The summed E-state index contributed by atoms with van der Waals surface area (Å²) in [5.74, 6) is -0.166. The summed E-state index contributed by atoms with van der Waals surface area (Å²) in [5, 5.41) is 0.848. The smallest absolute Gasteiger partial charge is 0.187 e. The van der Waals surface area contributed by atoms with Crippen LogP contribution in [0, 0.1) is 0 Å². The molecule has 0 amide bonds. The summed E-state index contributed by atoms with van der Waals surface area (Å²) in [6.45, 7) is 0. The van der Waals surface area contributed by atoms with Crippen molar-refractivity contribution in [2.24, 2.45) is 0 Å². The lowest BCUT2D eigenvalue weighted by Gasteiger charge is -2.25. The number of rotatable bonds is 6. The Kier molecular flexibility index (Phi) is 6.51. The molecule has 0 fully saturated rings. The molecule has 4 aromatic rings. The first-order valence-electron chi connectivity index (χ1n) is 9.79. The van der Waals surface area contributed by atoms with Crippen LogP contribution in [0.5, 0.6) is 0 Å². The number of hydrogen-bond acceptors (Lipinski definition) is 2. The molecule has 0 radical (unpaired) electrons. The largest absolute Gasteiger partial charge is 0.311 e. The molecule has 4 heteroatoms. The maximum absolute atomic E-state index is 12.5. The summed E-state index contributed by atoms with van der Waals surface area (Å²) in [6, 6.07) is 33.3. The molecule has 0 aromatic heterocycles. The Balaban J connectivity index is 1.59. The fraction of sp³-hybridized carbons (Fsp3) is 0. The zero-order valence-corrected chi connectivity index (χ0v) is 18.1. The summed E-state index contributed by atoms with van der Waals surface area (Å²) in [7, 11) is 0. The average Bonchev–Trinajstić information content (AvgIpc) is 2.80. The lowest BCUT2D eigenvalue weighted by atomic mass is 10.1. The quantitative estimate of drug-likeness (QED) is 0.220. The maximum atomic E-state index is 12.5. The van der Waals surface area contributed by atoms with Gasteiger partial charge in [0.1, 0.15) is 0 Å². The summed E-state index contributed by atoms with van der Waals surface area (Å²) >= 11 is 12.0. The molecule has 0 aliphatic rings. The Bertz CT molecular complexity index is 1160. The number of allylic oxidation sites excluding steroid dienone is 1. The van der Waals surface area contributed by atoms with Crippen molar-refractivity contribution in [2.75, 3.05) is 4.90 Å². The van der Waals surface area contributed by atoms with Crippen molar-refractivity contribution in [2.45, 2.75) is 0 Å². The monoisotopic (exact) mass is 443 g/mol. The molecule has 0 N–H and O–H groups in total. The molecule has 0 aliphatic carbocycles.